The minimum absolute atomic E-state index is 0.153. The molecule has 0 saturated carbocycles. The Morgan fingerprint density at radius 2 is 1.93 bits per heavy atom. The molecular formula is C21H24ClN3O2. The molecule has 1 aromatic carbocycles. The molecule has 1 aliphatic carbocycles. The highest BCUT2D eigenvalue weighted by Gasteiger charge is 2.42. The van der Waals surface area contributed by atoms with Gasteiger partial charge < -0.3 is 10.2 Å². The highest BCUT2D eigenvalue weighted by molar-refractivity contribution is 6.35. The second-order valence-electron chi connectivity index (χ2n) is 7.15. The van der Waals surface area contributed by atoms with Crippen molar-refractivity contribution in [3.8, 4) is 0 Å². The number of carbonyl (C=O) groups is 2. The van der Waals surface area contributed by atoms with Crippen LogP contribution in [0.2, 0.25) is 0 Å². The van der Waals surface area contributed by atoms with E-state index in [2.05, 4.69) is 41.3 Å². The zero-order chi connectivity index (χ0) is 19.4. The number of hydrogen-bond donors (Lipinski definition) is 1. The molecule has 1 spiro atoms. The smallest absolute Gasteiger partial charge is 0.315 e. The van der Waals surface area contributed by atoms with Gasteiger partial charge in [0.05, 0.1) is 0 Å². The van der Waals surface area contributed by atoms with E-state index < -0.39 is 11.8 Å². The number of aliphatic imine (C=N–C) groups is 1. The second-order valence-corrected chi connectivity index (χ2v) is 7.74. The molecule has 2 amide bonds. The Bertz CT molecular complexity index is 816. The first kappa shape index (κ1) is 19.4. The Kier molecular flexibility index (Phi) is 5.80. The Morgan fingerprint density at radius 3 is 2.59 bits per heavy atom. The van der Waals surface area contributed by atoms with E-state index in [4.69, 9.17) is 11.6 Å². The Balaban J connectivity index is 1.62. The van der Waals surface area contributed by atoms with Crippen molar-refractivity contribution in [2.45, 2.75) is 38.0 Å². The molecular weight excluding hydrogens is 362 g/mol. The third kappa shape index (κ3) is 4.14. The van der Waals surface area contributed by atoms with Crippen LogP contribution in [-0.4, -0.2) is 36.5 Å². The molecule has 0 radical (unpaired) electrons. The summed E-state index contributed by atoms with van der Waals surface area (Å²) in [7, 11) is 0. The van der Waals surface area contributed by atoms with Crippen LogP contribution in [0.4, 0.5) is 0 Å². The van der Waals surface area contributed by atoms with Gasteiger partial charge in [0.1, 0.15) is 5.82 Å². The summed E-state index contributed by atoms with van der Waals surface area (Å²) >= 11 is 5.76. The molecule has 1 aliphatic heterocycles. The molecule has 0 aromatic heterocycles. The van der Waals surface area contributed by atoms with Crippen LogP contribution in [0.1, 0.15) is 37.3 Å². The molecule has 3 rings (SSSR count). The van der Waals surface area contributed by atoms with Gasteiger partial charge in [0.2, 0.25) is 0 Å². The monoisotopic (exact) mass is 385 g/mol. The summed E-state index contributed by atoms with van der Waals surface area (Å²) < 4.78 is 0. The fourth-order valence-electron chi connectivity index (χ4n) is 4.06. The first-order valence-corrected chi connectivity index (χ1v) is 9.52. The molecule has 1 heterocycles. The number of benzene rings is 1. The van der Waals surface area contributed by atoms with Gasteiger partial charge in [-0.15, -0.1) is 0 Å². The summed E-state index contributed by atoms with van der Waals surface area (Å²) in [5.74, 6) is -1.03. The molecule has 27 heavy (non-hydrogen) atoms. The van der Waals surface area contributed by atoms with Gasteiger partial charge in [-0.1, -0.05) is 35.9 Å². The average Bonchev–Trinajstić information content (AvgIpc) is 3.03. The molecule has 5 nitrogen and oxygen atoms in total. The molecule has 0 unspecified atom stereocenters. The molecule has 1 aromatic rings. The van der Waals surface area contributed by atoms with E-state index in [0.717, 1.165) is 25.7 Å². The number of piperidine rings is 1. The number of carbonyl (C=O) groups excluding carboxylic acids is 2. The minimum atomic E-state index is -0.697. The van der Waals surface area contributed by atoms with Gasteiger partial charge in [-0.3, -0.25) is 9.59 Å². The second kappa shape index (κ2) is 8.09. The lowest BCUT2D eigenvalue weighted by molar-refractivity contribution is -0.146. The van der Waals surface area contributed by atoms with E-state index in [0.29, 0.717) is 18.1 Å². The summed E-state index contributed by atoms with van der Waals surface area (Å²) in [4.78, 5) is 30.1. The number of halogens is 1. The zero-order valence-electron chi connectivity index (χ0n) is 15.5. The normalized spacial score (nSPS) is 19.0. The van der Waals surface area contributed by atoms with Crippen LogP contribution in [0.25, 0.3) is 0 Å². The van der Waals surface area contributed by atoms with Crippen molar-refractivity contribution < 1.29 is 9.59 Å². The standard InChI is InChI=1S/C21H24ClN3O2/c1-15(22)7-8-18(23-2)24-19(26)20(27)25-13-11-21(12-14-25)10-9-16-5-3-4-6-17(16)21/h3-8H,2,9-14H2,1H3,(H,24,26)/b15-7+,18-8+. The summed E-state index contributed by atoms with van der Waals surface area (Å²) in [6.07, 6.45) is 7.09. The number of allylic oxidation sites excluding steroid dienone is 3. The maximum Gasteiger partial charge on any atom is 0.315 e. The first-order chi connectivity index (χ1) is 12.9. The van der Waals surface area contributed by atoms with Crippen molar-refractivity contribution in [2.75, 3.05) is 13.1 Å². The lowest BCUT2D eigenvalue weighted by Gasteiger charge is -2.39. The lowest BCUT2D eigenvalue weighted by atomic mass is 9.74. The van der Waals surface area contributed by atoms with Crippen molar-refractivity contribution in [3.05, 3.63) is 58.4 Å². The van der Waals surface area contributed by atoms with Gasteiger partial charge in [0, 0.05) is 18.1 Å². The molecule has 1 saturated heterocycles. The SMILES string of the molecule is C=N/C(=C\C=C(/C)Cl)NC(=O)C(=O)N1CCC2(CCc3ccccc32)CC1. The fraction of sp³-hybridized carbons (Fsp3) is 0.381. The topological polar surface area (TPSA) is 61.8 Å². The lowest BCUT2D eigenvalue weighted by Crippen LogP contribution is -2.49. The summed E-state index contributed by atoms with van der Waals surface area (Å²) in [6, 6.07) is 8.58. The molecule has 0 atom stereocenters. The Labute approximate surface area is 164 Å². The number of amides is 2. The fourth-order valence-corrected chi connectivity index (χ4v) is 4.13. The number of nitrogens with zero attached hydrogens (tertiary/aromatic N) is 2. The minimum Gasteiger partial charge on any atom is -0.334 e. The van der Waals surface area contributed by atoms with Gasteiger partial charge in [-0.05, 0) is 68.0 Å². The molecule has 6 heteroatoms. The van der Waals surface area contributed by atoms with E-state index in [-0.39, 0.29) is 11.2 Å². The highest BCUT2D eigenvalue weighted by atomic mass is 35.5. The number of likely N-dealkylation sites (tertiary alicyclic amines) is 1. The quantitative estimate of drug-likeness (QED) is 0.493. The van der Waals surface area contributed by atoms with Crippen LogP contribution in [-0.2, 0) is 21.4 Å². The number of hydrogen-bond acceptors (Lipinski definition) is 3. The van der Waals surface area contributed by atoms with Crippen LogP contribution in [0.15, 0.2) is 52.3 Å². The number of fused-ring (bicyclic) bond motifs is 2. The van der Waals surface area contributed by atoms with Crippen molar-refractivity contribution in [1.82, 2.24) is 10.2 Å². The maximum absolute atomic E-state index is 12.5. The Hall–Kier alpha value is -2.40. The van der Waals surface area contributed by atoms with E-state index in [1.807, 2.05) is 0 Å². The van der Waals surface area contributed by atoms with Crippen LogP contribution in [0.5, 0.6) is 0 Å². The number of rotatable bonds is 3. The average molecular weight is 386 g/mol. The van der Waals surface area contributed by atoms with Gasteiger partial charge in [0.25, 0.3) is 0 Å². The molecule has 0 bridgehead atoms. The Morgan fingerprint density at radius 1 is 1.22 bits per heavy atom. The molecule has 1 N–H and O–H groups in total. The molecule has 2 aliphatic rings. The zero-order valence-corrected chi connectivity index (χ0v) is 16.3. The number of aryl methyl sites for hydroxylation is 1. The first-order valence-electron chi connectivity index (χ1n) is 9.15. The third-order valence-corrected chi connectivity index (χ3v) is 5.67. The van der Waals surface area contributed by atoms with Gasteiger partial charge in [-0.2, -0.15) is 0 Å². The molecule has 142 valence electrons. The third-order valence-electron chi connectivity index (χ3n) is 5.55. The largest absolute Gasteiger partial charge is 0.334 e. The maximum atomic E-state index is 12.5. The van der Waals surface area contributed by atoms with Crippen molar-refractivity contribution in [2.24, 2.45) is 4.99 Å². The van der Waals surface area contributed by atoms with E-state index >= 15 is 0 Å². The van der Waals surface area contributed by atoms with Gasteiger partial charge >= 0.3 is 11.8 Å². The predicted molar refractivity (Wildman–Crippen MR) is 108 cm³/mol. The van der Waals surface area contributed by atoms with Crippen molar-refractivity contribution in [1.29, 1.82) is 0 Å². The van der Waals surface area contributed by atoms with Gasteiger partial charge in [0.15, 0.2) is 0 Å². The van der Waals surface area contributed by atoms with Crippen LogP contribution in [0.3, 0.4) is 0 Å². The summed E-state index contributed by atoms with van der Waals surface area (Å²) in [6.45, 7) is 6.28. The van der Waals surface area contributed by atoms with E-state index in [9.17, 15) is 9.59 Å². The van der Waals surface area contributed by atoms with Gasteiger partial charge in [-0.25, -0.2) is 4.99 Å². The van der Waals surface area contributed by atoms with Crippen molar-refractivity contribution in [3.63, 3.8) is 0 Å². The van der Waals surface area contributed by atoms with Crippen molar-refractivity contribution >= 4 is 30.1 Å². The highest BCUT2D eigenvalue weighted by Crippen LogP contribution is 2.46. The van der Waals surface area contributed by atoms with Crippen LogP contribution >= 0.6 is 11.6 Å². The van der Waals surface area contributed by atoms with E-state index in [1.165, 1.54) is 17.2 Å². The van der Waals surface area contributed by atoms with Crippen LogP contribution < -0.4 is 5.32 Å². The van der Waals surface area contributed by atoms with E-state index in [1.54, 1.807) is 17.9 Å². The van der Waals surface area contributed by atoms with Crippen LogP contribution in [0, 0.1) is 0 Å². The predicted octanol–water partition coefficient (Wildman–Crippen LogP) is 3.29. The number of nitrogens with one attached hydrogen (secondary N) is 1. The molecule has 1 fully saturated rings. The summed E-state index contributed by atoms with van der Waals surface area (Å²) in [5.41, 5.74) is 3.00. The summed E-state index contributed by atoms with van der Waals surface area (Å²) in [5, 5.41) is 3.03.